The minimum absolute atomic E-state index is 0.0105. The van der Waals surface area contributed by atoms with E-state index in [0.717, 1.165) is 21.5 Å². The number of aromatic nitrogens is 3. The summed E-state index contributed by atoms with van der Waals surface area (Å²) < 4.78 is 32.8. The van der Waals surface area contributed by atoms with E-state index in [-0.39, 0.29) is 41.3 Å². The standard InChI is InChI=1S/C29H31N5O5S/c1-3-22-17-33(29(36)39-19-21-7-5-4-6-8-21)18-24(22)26(35)15-30-27-16-31-28-25(32-27)13-14-34(28)40(37,38)23-11-9-20(2)10-12-23/h4-14,16,22,24H,3,15,17-19H2,1-2H3,(H,30,32)/t22-,24+/m1/s1. The average Bonchev–Trinajstić information content (AvgIpc) is 3.60. The molecule has 208 valence electrons. The summed E-state index contributed by atoms with van der Waals surface area (Å²) in [6, 6.07) is 17.6. The van der Waals surface area contributed by atoms with E-state index < -0.39 is 16.1 Å². The molecule has 1 aliphatic heterocycles. The molecule has 2 atom stereocenters. The number of Topliss-reactive ketones (excluding diaryl/α,β-unsaturated/α-hetero) is 1. The van der Waals surface area contributed by atoms with Crippen LogP contribution in [-0.4, -0.2) is 58.8 Å². The number of carbonyl (C=O) groups excluding carboxylic acids is 2. The van der Waals surface area contributed by atoms with Crippen molar-refractivity contribution in [2.75, 3.05) is 25.0 Å². The Labute approximate surface area is 233 Å². The van der Waals surface area contributed by atoms with Crippen LogP contribution in [0, 0.1) is 18.8 Å². The second-order valence-corrected chi connectivity index (χ2v) is 11.7. The van der Waals surface area contributed by atoms with Gasteiger partial charge in [0.2, 0.25) is 0 Å². The zero-order chi connectivity index (χ0) is 28.3. The third kappa shape index (κ3) is 5.69. The lowest BCUT2D eigenvalue weighted by Crippen LogP contribution is -2.32. The molecular formula is C29H31N5O5S. The van der Waals surface area contributed by atoms with Crippen molar-refractivity contribution in [1.82, 2.24) is 18.8 Å². The summed E-state index contributed by atoms with van der Waals surface area (Å²) >= 11 is 0. The van der Waals surface area contributed by atoms with E-state index in [2.05, 4.69) is 15.3 Å². The lowest BCUT2D eigenvalue weighted by atomic mass is 9.90. The molecule has 0 aliphatic carbocycles. The Hall–Kier alpha value is -4.25. The largest absolute Gasteiger partial charge is 0.445 e. The maximum atomic E-state index is 13.1. The number of benzene rings is 2. The molecule has 1 aliphatic rings. The van der Waals surface area contributed by atoms with Gasteiger partial charge in [0, 0.05) is 25.2 Å². The molecular weight excluding hydrogens is 530 g/mol. The van der Waals surface area contributed by atoms with E-state index in [4.69, 9.17) is 4.74 Å². The zero-order valence-electron chi connectivity index (χ0n) is 22.4. The van der Waals surface area contributed by atoms with Crippen LogP contribution in [0.3, 0.4) is 0 Å². The maximum Gasteiger partial charge on any atom is 0.410 e. The summed E-state index contributed by atoms with van der Waals surface area (Å²) in [6.45, 7) is 4.86. The first-order valence-corrected chi connectivity index (χ1v) is 14.6. The molecule has 1 amide bonds. The lowest BCUT2D eigenvalue weighted by molar-refractivity contribution is -0.121. The van der Waals surface area contributed by atoms with Gasteiger partial charge in [-0.25, -0.2) is 27.2 Å². The topological polar surface area (TPSA) is 123 Å². The van der Waals surface area contributed by atoms with Crippen molar-refractivity contribution in [3.63, 3.8) is 0 Å². The number of ether oxygens (including phenoxy) is 1. The molecule has 1 N–H and O–H groups in total. The number of nitrogens with zero attached hydrogens (tertiary/aromatic N) is 4. The summed E-state index contributed by atoms with van der Waals surface area (Å²) in [5.41, 5.74) is 2.44. The molecule has 11 heteroatoms. The Balaban J connectivity index is 1.21. The molecule has 0 radical (unpaired) electrons. The average molecular weight is 562 g/mol. The van der Waals surface area contributed by atoms with Gasteiger partial charge < -0.3 is 15.0 Å². The molecule has 0 spiro atoms. The number of amides is 1. The second kappa shape index (κ2) is 11.5. The van der Waals surface area contributed by atoms with Crippen LogP contribution in [0.2, 0.25) is 0 Å². The van der Waals surface area contributed by atoms with Gasteiger partial charge in [-0.05, 0) is 36.6 Å². The van der Waals surface area contributed by atoms with Crippen LogP contribution in [0.1, 0.15) is 24.5 Å². The molecule has 10 nitrogen and oxygen atoms in total. The first kappa shape index (κ1) is 27.3. The molecule has 2 aromatic carbocycles. The molecule has 0 bridgehead atoms. The number of ketones is 1. The third-order valence-electron chi connectivity index (χ3n) is 7.22. The monoisotopic (exact) mass is 561 g/mol. The van der Waals surface area contributed by atoms with E-state index in [1.807, 2.05) is 44.2 Å². The van der Waals surface area contributed by atoms with Crippen LogP contribution in [0.15, 0.2) is 78.0 Å². The van der Waals surface area contributed by atoms with Crippen molar-refractivity contribution in [2.45, 2.75) is 31.8 Å². The summed E-state index contributed by atoms with van der Waals surface area (Å²) in [5.74, 6) is 0.0375. The van der Waals surface area contributed by atoms with Crippen LogP contribution in [0.5, 0.6) is 0 Å². The van der Waals surface area contributed by atoms with E-state index in [0.29, 0.717) is 24.4 Å². The van der Waals surface area contributed by atoms with Gasteiger partial charge in [0.15, 0.2) is 11.4 Å². The van der Waals surface area contributed by atoms with Crippen LogP contribution in [0.4, 0.5) is 10.6 Å². The van der Waals surface area contributed by atoms with Crippen molar-refractivity contribution in [3.05, 3.63) is 84.2 Å². The number of likely N-dealkylation sites (tertiary alicyclic amines) is 1. The highest BCUT2D eigenvalue weighted by molar-refractivity contribution is 7.90. The minimum Gasteiger partial charge on any atom is -0.445 e. The molecule has 2 aromatic heterocycles. The van der Waals surface area contributed by atoms with Crippen molar-refractivity contribution in [3.8, 4) is 0 Å². The van der Waals surface area contributed by atoms with Gasteiger partial charge in [-0.15, -0.1) is 0 Å². The molecule has 5 rings (SSSR count). The third-order valence-corrected chi connectivity index (χ3v) is 8.90. The fraction of sp³-hybridized carbons (Fsp3) is 0.310. The summed E-state index contributed by atoms with van der Waals surface area (Å²) in [7, 11) is -3.83. The summed E-state index contributed by atoms with van der Waals surface area (Å²) in [5, 5.41) is 3.02. The molecule has 40 heavy (non-hydrogen) atoms. The Morgan fingerprint density at radius 1 is 1.05 bits per heavy atom. The van der Waals surface area contributed by atoms with Crippen LogP contribution >= 0.6 is 0 Å². The first-order chi connectivity index (χ1) is 19.3. The zero-order valence-corrected chi connectivity index (χ0v) is 23.2. The number of rotatable bonds is 9. The Morgan fingerprint density at radius 2 is 1.80 bits per heavy atom. The highest BCUT2D eigenvalue weighted by Gasteiger charge is 2.38. The number of fused-ring (bicyclic) bond motifs is 1. The smallest absolute Gasteiger partial charge is 0.410 e. The van der Waals surface area contributed by atoms with Crippen molar-refractivity contribution >= 4 is 38.9 Å². The normalized spacial score (nSPS) is 17.2. The fourth-order valence-corrected chi connectivity index (χ4v) is 6.21. The summed E-state index contributed by atoms with van der Waals surface area (Å²) in [4.78, 5) is 36.3. The van der Waals surface area contributed by atoms with E-state index in [1.54, 1.807) is 35.2 Å². The SMILES string of the molecule is CC[C@@H]1CN(C(=O)OCc2ccccc2)C[C@@H]1C(=O)CNc1cnc2c(ccn2S(=O)(=O)c2ccc(C)cc2)n1. The Morgan fingerprint density at radius 3 is 2.52 bits per heavy atom. The van der Waals surface area contributed by atoms with Crippen molar-refractivity contribution in [1.29, 1.82) is 0 Å². The van der Waals surface area contributed by atoms with Gasteiger partial charge >= 0.3 is 6.09 Å². The van der Waals surface area contributed by atoms with Gasteiger partial charge in [0.05, 0.1) is 17.6 Å². The number of hydrogen-bond donors (Lipinski definition) is 1. The molecule has 4 aromatic rings. The maximum absolute atomic E-state index is 13.1. The molecule has 1 saturated heterocycles. The Bertz CT molecular complexity index is 1620. The van der Waals surface area contributed by atoms with Gasteiger partial charge in [0.25, 0.3) is 10.0 Å². The number of anilines is 1. The van der Waals surface area contributed by atoms with Crippen LogP contribution < -0.4 is 5.32 Å². The molecule has 3 heterocycles. The number of nitrogens with one attached hydrogen (secondary N) is 1. The highest BCUT2D eigenvalue weighted by atomic mass is 32.2. The van der Waals surface area contributed by atoms with Gasteiger partial charge in [0.1, 0.15) is 17.9 Å². The van der Waals surface area contributed by atoms with Crippen LogP contribution in [-0.2, 0) is 26.2 Å². The Kier molecular flexibility index (Phi) is 7.83. The second-order valence-electron chi connectivity index (χ2n) is 9.93. The number of aryl methyl sites for hydroxylation is 1. The fourth-order valence-electron chi connectivity index (χ4n) is 4.91. The van der Waals surface area contributed by atoms with Gasteiger partial charge in [-0.3, -0.25) is 4.79 Å². The predicted octanol–water partition coefficient (Wildman–Crippen LogP) is 4.25. The quantitative estimate of drug-likeness (QED) is 0.322. The first-order valence-electron chi connectivity index (χ1n) is 13.1. The molecule has 0 saturated carbocycles. The van der Waals surface area contributed by atoms with E-state index in [1.165, 1.54) is 12.4 Å². The minimum atomic E-state index is -3.83. The van der Waals surface area contributed by atoms with Crippen molar-refractivity contribution < 1.29 is 22.7 Å². The number of hydrogen-bond acceptors (Lipinski definition) is 8. The molecule has 1 fully saturated rings. The van der Waals surface area contributed by atoms with E-state index >= 15 is 0 Å². The van der Waals surface area contributed by atoms with Gasteiger partial charge in [-0.1, -0.05) is 61.4 Å². The van der Waals surface area contributed by atoms with Gasteiger partial charge in [-0.2, -0.15) is 0 Å². The lowest BCUT2D eigenvalue weighted by Gasteiger charge is -2.16. The predicted molar refractivity (Wildman–Crippen MR) is 150 cm³/mol. The number of carbonyl (C=O) groups is 2. The van der Waals surface area contributed by atoms with Crippen molar-refractivity contribution in [2.24, 2.45) is 11.8 Å². The highest BCUT2D eigenvalue weighted by Crippen LogP contribution is 2.28. The van der Waals surface area contributed by atoms with Crippen LogP contribution in [0.25, 0.3) is 11.2 Å². The van der Waals surface area contributed by atoms with E-state index in [9.17, 15) is 18.0 Å². The molecule has 0 unspecified atom stereocenters. The summed E-state index contributed by atoms with van der Waals surface area (Å²) in [6.07, 6.45) is 3.17.